The quantitative estimate of drug-likeness (QED) is 0.281. The van der Waals surface area contributed by atoms with Gasteiger partial charge in [-0.3, -0.25) is 14.6 Å². The molecule has 1 amide bonds. The molecule has 0 radical (unpaired) electrons. The summed E-state index contributed by atoms with van der Waals surface area (Å²) in [5.41, 5.74) is 0.185. The highest BCUT2D eigenvalue weighted by atomic mass is 19.3. The predicted octanol–water partition coefficient (Wildman–Crippen LogP) is 5.14. The number of alkyl halides is 2. The van der Waals surface area contributed by atoms with E-state index in [-0.39, 0.29) is 28.4 Å². The zero-order chi connectivity index (χ0) is 25.3. The number of halogens is 3. The van der Waals surface area contributed by atoms with Crippen molar-refractivity contribution in [3.63, 3.8) is 0 Å². The maximum Gasteiger partial charge on any atom is 0.293 e. The van der Waals surface area contributed by atoms with Crippen LogP contribution >= 0.6 is 0 Å². The number of rotatable bonds is 7. The van der Waals surface area contributed by atoms with Crippen LogP contribution in [0.5, 0.6) is 0 Å². The number of anilines is 1. The van der Waals surface area contributed by atoms with Gasteiger partial charge in [0.15, 0.2) is 5.89 Å². The van der Waals surface area contributed by atoms with Crippen molar-refractivity contribution in [2.75, 3.05) is 5.32 Å². The molecule has 1 aromatic carbocycles. The van der Waals surface area contributed by atoms with Crippen LogP contribution in [0.2, 0.25) is 0 Å². The summed E-state index contributed by atoms with van der Waals surface area (Å²) in [6.07, 6.45) is 3.46. The van der Waals surface area contributed by atoms with Gasteiger partial charge in [0.05, 0.1) is 17.1 Å². The summed E-state index contributed by atoms with van der Waals surface area (Å²) < 4.78 is 47.9. The van der Waals surface area contributed by atoms with Gasteiger partial charge < -0.3 is 9.73 Å². The molecule has 0 aliphatic carbocycles. The van der Waals surface area contributed by atoms with Gasteiger partial charge >= 0.3 is 0 Å². The number of carbonyl (C=O) groups excluding carboxylic acids is 1. The van der Waals surface area contributed by atoms with E-state index >= 15 is 0 Å². The first-order valence-corrected chi connectivity index (χ1v) is 10.3. The van der Waals surface area contributed by atoms with Gasteiger partial charge in [-0.05, 0) is 25.1 Å². The van der Waals surface area contributed by atoms with E-state index in [1.165, 1.54) is 47.3 Å². The third kappa shape index (κ3) is 4.74. The van der Waals surface area contributed by atoms with Gasteiger partial charge in [0, 0.05) is 47.9 Å². The Labute approximate surface area is 197 Å². The van der Waals surface area contributed by atoms with Gasteiger partial charge in [-0.15, -0.1) is 0 Å². The van der Waals surface area contributed by atoms with Gasteiger partial charge in [0.25, 0.3) is 12.3 Å². The Morgan fingerprint density at radius 2 is 2.03 bits per heavy atom. The molecule has 0 spiro atoms. The number of amides is 1. The monoisotopic (exact) mass is 480 g/mol. The predicted molar refractivity (Wildman–Crippen MR) is 123 cm³/mol. The van der Waals surface area contributed by atoms with E-state index in [9.17, 15) is 18.0 Å². The third-order valence-corrected chi connectivity index (χ3v) is 5.03. The average molecular weight is 480 g/mol. The molecular weight excluding hydrogens is 461 g/mol. The summed E-state index contributed by atoms with van der Waals surface area (Å²) in [7, 11) is 0. The zero-order valence-electron chi connectivity index (χ0n) is 18.6. The Morgan fingerprint density at radius 1 is 1.26 bits per heavy atom. The van der Waals surface area contributed by atoms with Crippen molar-refractivity contribution in [3.8, 4) is 11.3 Å². The minimum absolute atomic E-state index is 0.0500. The first-order chi connectivity index (χ1) is 16.7. The number of imidazole rings is 1. The number of carbonyl (C=O) groups is 1. The van der Waals surface area contributed by atoms with Crippen molar-refractivity contribution in [1.29, 1.82) is 5.41 Å². The van der Waals surface area contributed by atoms with E-state index < -0.39 is 29.4 Å². The van der Waals surface area contributed by atoms with E-state index in [1.54, 1.807) is 13.8 Å². The molecule has 35 heavy (non-hydrogen) atoms. The third-order valence-electron chi connectivity index (χ3n) is 5.03. The van der Waals surface area contributed by atoms with Crippen LogP contribution in [-0.2, 0) is 0 Å². The maximum absolute atomic E-state index is 14.7. The Balaban J connectivity index is 1.66. The number of hydrogen-bond acceptors (Lipinski definition) is 6. The number of fused-ring (bicyclic) bond motifs is 1. The Bertz CT molecular complexity index is 1500. The largest absolute Gasteiger partial charge is 0.436 e. The summed E-state index contributed by atoms with van der Waals surface area (Å²) in [6, 6.07) is 3.97. The van der Waals surface area contributed by atoms with Crippen molar-refractivity contribution >= 4 is 23.1 Å². The fraction of sp³-hybridized carbons (Fsp3) is 0.125. The number of allylic oxidation sites excluding steroid dienone is 3. The molecule has 3 heterocycles. The second kappa shape index (κ2) is 9.37. The zero-order valence-corrected chi connectivity index (χ0v) is 18.6. The van der Waals surface area contributed by atoms with Gasteiger partial charge in [0.1, 0.15) is 5.82 Å². The average Bonchev–Trinajstić information content (AvgIpc) is 3.39. The summed E-state index contributed by atoms with van der Waals surface area (Å²) in [5.74, 6) is -0.570. The number of nitrogens with one attached hydrogen (secondary N) is 2. The van der Waals surface area contributed by atoms with Gasteiger partial charge in [0.2, 0.25) is 11.5 Å². The lowest BCUT2D eigenvalue weighted by molar-refractivity contribution is 0.0994. The molecule has 0 unspecified atom stereocenters. The van der Waals surface area contributed by atoms with Crippen LogP contribution in [0, 0.1) is 25.1 Å². The molecule has 178 valence electrons. The summed E-state index contributed by atoms with van der Waals surface area (Å²) >= 11 is 0. The minimum atomic E-state index is -2.87. The number of hydrogen-bond donors (Lipinski definition) is 2. The molecule has 11 heteroatoms. The van der Waals surface area contributed by atoms with Crippen LogP contribution in [0.1, 0.15) is 27.7 Å². The van der Waals surface area contributed by atoms with Crippen LogP contribution in [-0.4, -0.2) is 37.4 Å². The number of aryl methyl sites for hydroxylation is 2. The maximum atomic E-state index is 14.7. The molecule has 3 aromatic heterocycles. The Hall–Kier alpha value is -4.54. The van der Waals surface area contributed by atoms with E-state index in [0.717, 1.165) is 6.08 Å². The lowest BCUT2D eigenvalue weighted by atomic mass is 10.1. The number of nitrogens with zero attached hydrogens (tertiary/aromatic N) is 4. The molecule has 0 aliphatic heterocycles. The summed E-state index contributed by atoms with van der Waals surface area (Å²) in [6.45, 7) is 6.65. The fourth-order valence-electron chi connectivity index (χ4n) is 3.43. The highest BCUT2D eigenvalue weighted by Crippen LogP contribution is 2.26. The Kier molecular flexibility index (Phi) is 6.32. The smallest absolute Gasteiger partial charge is 0.293 e. The van der Waals surface area contributed by atoms with Crippen molar-refractivity contribution in [3.05, 3.63) is 89.8 Å². The number of benzene rings is 1. The van der Waals surface area contributed by atoms with Crippen molar-refractivity contribution in [2.24, 2.45) is 0 Å². The molecular formula is C24H19F3N6O2. The lowest BCUT2D eigenvalue weighted by Gasteiger charge is -2.08. The van der Waals surface area contributed by atoms with Crippen LogP contribution < -0.4 is 5.32 Å². The topological polar surface area (TPSA) is 109 Å². The van der Waals surface area contributed by atoms with Crippen molar-refractivity contribution < 1.29 is 22.4 Å². The molecule has 0 aliphatic rings. The molecule has 2 N–H and O–H groups in total. The molecule has 0 bridgehead atoms. The standard InChI is InChI=1S/C24H19F3N6O2/c1-4-5-16(22(26)27)20(28)14-9-29-24-32-19(11-33(24)10-14)17-8-15(6-7-18(17)25)31-23(34)21-12(2)30-13(3)35-21/h4-11,22,28H,1H2,2-3H3,(H,31,34). The molecule has 0 saturated heterocycles. The van der Waals surface area contributed by atoms with Crippen molar-refractivity contribution in [1.82, 2.24) is 19.4 Å². The highest BCUT2D eigenvalue weighted by molar-refractivity contribution is 6.11. The van der Waals surface area contributed by atoms with Gasteiger partial charge in [-0.2, -0.15) is 0 Å². The van der Waals surface area contributed by atoms with Crippen LogP contribution in [0.25, 0.3) is 17.0 Å². The molecule has 4 aromatic rings. The molecule has 8 nitrogen and oxygen atoms in total. The molecule has 0 fully saturated rings. The normalized spacial score (nSPS) is 11.8. The van der Waals surface area contributed by atoms with Crippen LogP contribution in [0.3, 0.4) is 0 Å². The SMILES string of the molecule is C=CC=C(C(=N)c1cnc2nc(-c3cc(NC(=O)c4oc(C)nc4C)ccc3F)cn2c1)C(F)F. The lowest BCUT2D eigenvalue weighted by Crippen LogP contribution is -2.12. The van der Waals surface area contributed by atoms with Crippen molar-refractivity contribution in [2.45, 2.75) is 20.3 Å². The van der Waals surface area contributed by atoms with E-state index in [1.807, 2.05) is 0 Å². The number of oxazole rings is 1. The summed E-state index contributed by atoms with van der Waals surface area (Å²) in [5, 5.41) is 10.7. The van der Waals surface area contributed by atoms with Gasteiger partial charge in [-0.25, -0.2) is 28.1 Å². The van der Waals surface area contributed by atoms with Crippen LogP contribution in [0.4, 0.5) is 18.9 Å². The molecule has 0 saturated carbocycles. The first kappa shape index (κ1) is 23.6. The van der Waals surface area contributed by atoms with E-state index in [0.29, 0.717) is 17.3 Å². The van der Waals surface area contributed by atoms with E-state index in [4.69, 9.17) is 9.83 Å². The number of aromatic nitrogens is 4. The van der Waals surface area contributed by atoms with Gasteiger partial charge in [-0.1, -0.05) is 18.7 Å². The molecule has 0 atom stereocenters. The minimum Gasteiger partial charge on any atom is -0.436 e. The van der Waals surface area contributed by atoms with Crippen LogP contribution in [0.15, 0.2) is 65.5 Å². The highest BCUT2D eigenvalue weighted by Gasteiger charge is 2.20. The fourth-order valence-corrected chi connectivity index (χ4v) is 3.43. The second-order valence-corrected chi connectivity index (χ2v) is 7.51. The Morgan fingerprint density at radius 3 is 2.69 bits per heavy atom. The first-order valence-electron chi connectivity index (χ1n) is 10.3. The van der Waals surface area contributed by atoms with E-state index in [2.05, 4.69) is 26.8 Å². The summed E-state index contributed by atoms with van der Waals surface area (Å²) in [4.78, 5) is 25.0. The second-order valence-electron chi connectivity index (χ2n) is 7.51. The molecule has 4 rings (SSSR count).